The number of rotatable bonds is 5. The lowest BCUT2D eigenvalue weighted by molar-refractivity contribution is 0.0930. The van der Waals surface area contributed by atoms with Gasteiger partial charge in [-0.25, -0.2) is 0 Å². The van der Waals surface area contributed by atoms with Gasteiger partial charge in [0.25, 0.3) is 5.91 Å². The number of aryl methyl sites for hydroxylation is 1. The van der Waals surface area contributed by atoms with E-state index in [4.69, 9.17) is 0 Å². The van der Waals surface area contributed by atoms with Crippen molar-refractivity contribution < 1.29 is 4.79 Å². The van der Waals surface area contributed by atoms with Crippen LogP contribution in [0.1, 0.15) is 40.7 Å². The number of anilines is 1. The topological polar surface area (TPSA) is 48.5 Å². The van der Waals surface area contributed by atoms with E-state index >= 15 is 0 Å². The maximum absolute atomic E-state index is 13.4. The highest BCUT2D eigenvalue weighted by Gasteiger charge is 2.47. The first-order chi connectivity index (χ1) is 15.0. The number of benzene rings is 2. The van der Waals surface area contributed by atoms with Gasteiger partial charge < -0.3 is 15.1 Å². The van der Waals surface area contributed by atoms with Gasteiger partial charge in [0.2, 0.25) is 0 Å². The molecule has 1 unspecified atom stereocenters. The number of nitrogens with zero attached hydrogens (tertiary/aromatic N) is 3. The Bertz CT molecular complexity index is 1130. The van der Waals surface area contributed by atoms with Gasteiger partial charge in [0.1, 0.15) is 0 Å². The largest absolute Gasteiger partial charge is 0.370 e. The second-order valence-electron chi connectivity index (χ2n) is 9.26. The molecular weight excluding hydrogens is 384 g/mol. The van der Waals surface area contributed by atoms with Gasteiger partial charge in [-0.3, -0.25) is 9.78 Å². The van der Waals surface area contributed by atoms with Crippen LogP contribution in [0, 0.1) is 6.92 Å². The second kappa shape index (κ2) is 7.65. The normalized spacial score (nSPS) is 19.7. The van der Waals surface area contributed by atoms with Crippen molar-refractivity contribution in [3.8, 4) is 0 Å². The van der Waals surface area contributed by atoms with Gasteiger partial charge in [-0.2, -0.15) is 0 Å². The molecule has 5 heteroatoms. The summed E-state index contributed by atoms with van der Waals surface area (Å²) in [7, 11) is 4.28. The molecule has 5 rings (SSSR count). The minimum atomic E-state index is -0.286. The van der Waals surface area contributed by atoms with Crippen molar-refractivity contribution in [3.05, 3.63) is 71.4 Å². The molecule has 1 aliphatic heterocycles. The zero-order valence-electron chi connectivity index (χ0n) is 18.6. The summed E-state index contributed by atoms with van der Waals surface area (Å²) in [5.74, 6) is 0.0149. The minimum absolute atomic E-state index is 0.0149. The van der Waals surface area contributed by atoms with Crippen LogP contribution in [-0.2, 0) is 5.54 Å². The number of hydrogen-bond acceptors (Lipinski definition) is 4. The van der Waals surface area contributed by atoms with E-state index in [-0.39, 0.29) is 11.4 Å². The van der Waals surface area contributed by atoms with Crippen molar-refractivity contribution in [2.75, 3.05) is 32.1 Å². The summed E-state index contributed by atoms with van der Waals surface area (Å²) in [5, 5.41) is 4.51. The number of likely N-dealkylation sites (N-methyl/N-ethyl adjacent to an activating group) is 1. The van der Waals surface area contributed by atoms with Crippen molar-refractivity contribution >= 4 is 22.5 Å². The molecule has 1 saturated heterocycles. The molecule has 1 saturated carbocycles. The van der Waals surface area contributed by atoms with E-state index in [1.54, 1.807) is 0 Å². The van der Waals surface area contributed by atoms with Crippen LogP contribution >= 0.6 is 0 Å². The van der Waals surface area contributed by atoms with E-state index < -0.39 is 0 Å². The smallest absolute Gasteiger partial charge is 0.252 e. The van der Waals surface area contributed by atoms with Crippen LogP contribution in [0.15, 0.2) is 54.7 Å². The summed E-state index contributed by atoms with van der Waals surface area (Å²) in [4.78, 5) is 22.6. The molecule has 2 aromatic carbocycles. The quantitative estimate of drug-likeness (QED) is 0.683. The summed E-state index contributed by atoms with van der Waals surface area (Å²) < 4.78 is 0. The standard InChI is InChI=1S/C26H30N4O/c1-18-8-9-19(30-15-11-20(17-30)29(2)3)16-22(18)25(31)28-26(12-13-26)23-10-14-27-24-7-5-4-6-21(23)24/h4-10,14,16,20H,11-13,15,17H2,1-3H3,(H,28,31). The lowest BCUT2D eigenvalue weighted by Crippen LogP contribution is -2.35. The fourth-order valence-electron chi connectivity index (χ4n) is 4.83. The number of fused-ring (bicyclic) bond motifs is 1. The predicted octanol–water partition coefficient (Wildman–Crippen LogP) is 4.10. The van der Waals surface area contributed by atoms with Crippen LogP contribution in [0.2, 0.25) is 0 Å². The van der Waals surface area contributed by atoms with Crippen molar-refractivity contribution in [2.24, 2.45) is 0 Å². The highest BCUT2D eigenvalue weighted by molar-refractivity contribution is 5.98. The second-order valence-corrected chi connectivity index (χ2v) is 9.26. The molecule has 2 fully saturated rings. The van der Waals surface area contributed by atoms with E-state index in [1.807, 2.05) is 31.3 Å². The van der Waals surface area contributed by atoms with Crippen LogP contribution in [0.25, 0.3) is 10.9 Å². The Balaban J connectivity index is 1.41. The van der Waals surface area contributed by atoms with Crippen LogP contribution < -0.4 is 10.2 Å². The van der Waals surface area contributed by atoms with Gasteiger partial charge >= 0.3 is 0 Å². The fraction of sp³-hybridized carbons (Fsp3) is 0.385. The molecule has 5 nitrogen and oxygen atoms in total. The molecule has 1 atom stereocenters. The monoisotopic (exact) mass is 414 g/mol. The highest BCUT2D eigenvalue weighted by atomic mass is 16.1. The van der Waals surface area contributed by atoms with Crippen LogP contribution in [-0.4, -0.2) is 49.0 Å². The lowest BCUT2D eigenvalue weighted by Gasteiger charge is -2.24. The number of carbonyl (C=O) groups is 1. The van der Waals surface area contributed by atoms with Gasteiger partial charge in [-0.05, 0) is 75.7 Å². The van der Waals surface area contributed by atoms with Crippen molar-refractivity contribution in [1.82, 2.24) is 15.2 Å². The van der Waals surface area contributed by atoms with Gasteiger partial charge in [0, 0.05) is 42.0 Å². The zero-order chi connectivity index (χ0) is 21.6. The molecule has 3 aromatic rings. The molecule has 1 amide bonds. The van der Waals surface area contributed by atoms with Gasteiger partial charge in [-0.1, -0.05) is 24.3 Å². The Hall–Kier alpha value is -2.92. The van der Waals surface area contributed by atoms with Crippen molar-refractivity contribution in [1.29, 1.82) is 0 Å². The maximum atomic E-state index is 13.4. The van der Waals surface area contributed by atoms with Crippen molar-refractivity contribution in [2.45, 2.75) is 37.8 Å². The van der Waals surface area contributed by atoms with Gasteiger partial charge in [0.15, 0.2) is 0 Å². The van der Waals surface area contributed by atoms with Crippen LogP contribution in [0.3, 0.4) is 0 Å². The van der Waals surface area contributed by atoms with E-state index in [1.165, 1.54) is 5.56 Å². The first kappa shape index (κ1) is 20.0. The summed E-state index contributed by atoms with van der Waals surface area (Å²) in [6, 6.07) is 17.1. The molecule has 1 aliphatic carbocycles. The van der Waals surface area contributed by atoms with Crippen LogP contribution in [0.4, 0.5) is 5.69 Å². The summed E-state index contributed by atoms with van der Waals surface area (Å²) >= 11 is 0. The number of aromatic nitrogens is 1. The first-order valence-corrected chi connectivity index (χ1v) is 11.2. The Morgan fingerprint density at radius 1 is 1.16 bits per heavy atom. The molecule has 2 aliphatic rings. The number of nitrogens with one attached hydrogen (secondary N) is 1. The minimum Gasteiger partial charge on any atom is -0.370 e. The Kier molecular flexibility index (Phi) is 4.94. The highest BCUT2D eigenvalue weighted by Crippen LogP contribution is 2.48. The lowest BCUT2D eigenvalue weighted by atomic mass is 9.99. The van der Waals surface area contributed by atoms with Crippen LogP contribution in [0.5, 0.6) is 0 Å². The van der Waals surface area contributed by atoms with E-state index in [0.29, 0.717) is 6.04 Å². The number of amides is 1. The summed E-state index contributed by atoms with van der Waals surface area (Å²) in [6.45, 7) is 4.05. The molecule has 1 aromatic heterocycles. The average Bonchev–Trinajstić information content (AvgIpc) is 3.37. The number of para-hydroxylation sites is 1. The molecule has 160 valence electrons. The van der Waals surface area contributed by atoms with Gasteiger partial charge in [-0.15, -0.1) is 0 Å². The Morgan fingerprint density at radius 3 is 2.71 bits per heavy atom. The molecule has 31 heavy (non-hydrogen) atoms. The van der Waals surface area contributed by atoms with E-state index in [9.17, 15) is 4.79 Å². The molecule has 1 N–H and O–H groups in total. The third-order valence-corrected chi connectivity index (χ3v) is 6.99. The van der Waals surface area contributed by atoms with E-state index in [0.717, 1.165) is 60.1 Å². The molecular formula is C26H30N4O. The molecule has 0 bridgehead atoms. The molecule has 0 spiro atoms. The predicted molar refractivity (Wildman–Crippen MR) is 126 cm³/mol. The molecule has 2 heterocycles. The third kappa shape index (κ3) is 3.68. The zero-order valence-corrected chi connectivity index (χ0v) is 18.6. The molecule has 0 radical (unpaired) electrons. The maximum Gasteiger partial charge on any atom is 0.252 e. The Labute approximate surface area is 184 Å². The van der Waals surface area contributed by atoms with Crippen molar-refractivity contribution in [3.63, 3.8) is 0 Å². The summed E-state index contributed by atoms with van der Waals surface area (Å²) in [5.41, 5.74) is 4.79. The SMILES string of the molecule is Cc1ccc(N2CCC(N(C)C)C2)cc1C(=O)NC1(c2ccnc3ccccc23)CC1. The fourth-order valence-corrected chi connectivity index (χ4v) is 4.83. The van der Waals surface area contributed by atoms with Gasteiger partial charge in [0.05, 0.1) is 11.1 Å². The third-order valence-electron chi connectivity index (χ3n) is 6.99. The average molecular weight is 415 g/mol. The summed E-state index contributed by atoms with van der Waals surface area (Å²) in [6.07, 6.45) is 4.93. The number of hydrogen-bond donors (Lipinski definition) is 1. The van der Waals surface area contributed by atoms with E-state index in [2.05, 4.69) is 64.5 Å². The number of carbonyl (C=O) groups excluding carboxylic acids is 1. The number of pyridine rings is 1. The Morgan fingerprint density at radius 2 is 1.97 bits per heavy atom. The first-order valence-electron chi connectivity index (χ1n) is 11.2.